The SMILES string of the molecule is C=NCCCC(CCC)CCCC(CCC)CCC. The highest BCUT2D eigenvalue weighted by molar-refractivity contribution is 5.22. The second-order valence-corrected chi connectivity index (χ2v) is 6.12. The molecule has 0 heterocycles. The third-order valence-corrected chi connectivity index (χ3v) is 4.24. The molecule has 0 amide bonds. The highest BCUT2D eigenvalue weighted by atomic mass is 14.7. The summed E-state index contributed by atoms with van der Waals surface area (Å²) in [5, 5.41) is 0. The van der Waals surface area contributed by atoms with Gasteiger partial charge in [0, 0.05) is 6.54 Å². The molecule has 0 aromatic rings. The minimum Gasteiger partial charge on any atom is -0.301 e. The largest absolute Gasteiger partial charge is 0.301 e. The van der Waals surface area contributed by atoms with E-state index >= 15 is 0 Å². The van der Waals surface area contributed by atoms with Crippen molar-refractivity contribution in [2.45, 2.75) is 91.4 Å². The first kappa shape index (κ1) is 18.7. The molecule has 1 unspecified atom stereocenters. The predicted molar refractivity (Wildman–Crippen MR) is 89.2 cm³/mol. The van der Waals surface area contributed by atoms with Crippen molar-refractivity contribution in [3.63, 3.8) is 0 Å². The van der Waals surface area contributed by atoms with Gasteiger partial charge >= 0.3 is 0 Å². The average Bonchev–Trinajstić information content (AvgIpc) is 2.39. The number of aliphatic imine (C=N–C) groups is 1. The maximum absolute atomic E-state index is 3.97. The molecule has 0 saturated carbocycles. The van der Waals surface area contributed by atoms with E-state index in [1.54, 1.807) is 0 Å². The lowest BCUT2D eigenvalue weighted by molar-refractivity contribution is 0.345. The van der Waals surface area contributed by atoms with Gasteiger partial charge in [-0.15, -0.1) is 0 Å². The molecule has 0 rings (SSSR count). The summed E-state index contributed by atoms with van der Waals surface area (Å²) < 4.78 is 0. The third kappa shape index (κ3) is 11.2. The lowest BCUT2D eigenvalue weighted by atomic mass is 9.87. The Morgan fingerprint density at radius 1 is 0.684 bits per heavy atom. The first-order chi connectivity index (χ1) is 9.28. The zero-order valence-corrected chi connectivity index (χ0v) is 13.8. The van der Waals surface area contributed by atoms with Crippen LogP contribution in [0, 0.1) is 11.8 Å². The maximum Gasteiger partial charge on any atom is 0.0382 e. The molecule has 0 aliphatic rings. The third-order valence-electron chi connectivity index (χ3n) is 4.24. The normalized spacial score (nSPS) is 12.8. The summed E-state index contributed by atoms with van der Waals surface area (Å²) in [5.41, 5.74) is 0. The van der Waals surface area contributed by atoms with Crippen molar-refractivity contribution in [1.82, 2.24) is 0 Å². The fraction of sp³-hybridized carbons (Fsp3) is 0.944. The van der Waals surface area contributed by atoms with Crippen LogP contribution in [-0.2, 0) is 0 Å². The molecule has 0 aliphatic heterocycles. The van der Waals surface area contributed by atoms with Gasteiger partial charge in [0.15, 0.2) is 0 Å². The summed E-state index contributed by atoms with van der Waals surface area (Å²) in [6.45, 7) is 11.5. The Bertz CT molecular complexity index is 182. The monoisotopic (exact) mass is 267 g/mol. The molecule has 114 valence electrons. The first-order valence-electron chi connectivity index (χ1n) is 8.70. The molecule has 1 heteroatoms. The Balaban J connectivity index is 3.83. The lowest BCUT2D eigenvalue weighted by Gasteiger charge is -2.19. The highest BCUT2D eigenvalue weighted by Gasteiger charge is 2.10. The van der Waals surface area contributed by atoms with Crippen LogP contribution in [0.2, 0.25) is 0 Å². The Morgan fingerprint density at radius 2 is 1.11 bits per heavy atom. The van der Waals surface area contributed by atoms with Crippen molar-refractivity contribution in [2.75, 3.05) is 6.54 Å². The van der Waals surface area contributed by atoms with E-state index in [4.69, 9.17) is 0 Å². The van der Waals surface area contributed by atoms with Crippen molar-refractivity contribution >= 4 is 6.72 Å². The van der Waals surface area contributed by atoms with Crippen LogP contribution < -0.4 is 0 Å². The molecule has 0 aromatic heterocycles. The van der Waals surface area contributed by atoms with E-state index < -0.39 is 0 Å². The van der Waals surface area contributed by atoms with Crippen LogP contribution in [0.3, 0.4) is 0 Å². The van der Waals surface area contributed by atoms with Crippen LogP contribution in [0.4, 0.5) is 0 Å². The minimum atomic E-state index is 0.940. The molecule has 0 N–H and O–H groups in total. The van der Waals surface area contributed by atoms with Crippen molar-refractivity contribution in [3.8, 4) is 0 Å². The topological polar surface area (TPSA) is 12.4 Å². The summed E-state index contributed by atoms with van der Waals surface area (Å²) in [6, 6.07) is 0. The summed E-state index contributed by atoms with van der Waals surface area (Å²) in [6.07, 6.45) is 15.3. The van der Waals surface area contributed by atoms with E-state index in [-0.39, 0.29) is 0 Å². The van der Waals surface area contributed by atoms with Gasteiger partial charge < -0.3 is 4.99 Å². The molecule has 0 aromatic carbocycles. The summed E-state index contributed by atoms with van der Waals surface area (Å²) in [7, 11) is 0. The van der Waals surface area contributed by atoms with Crippen molar-refractivity contribution in [2.24, 2.45) is 16.8 Å². The molecular weight excluding hydrogens is 230 g/mol. The number of rotatable bonds is 14. The van der Waals surface area contributed by atoms with Gasteiger partial charge in [0.1, 0.15) is 0 Å². The Labute approximate surface area is 122 Å². The van der Waals surface area contributed by atoms with E-state index in [2.05, 4.69) is 32.5 Å². The molecule has 0 fully saturated rings. The molecule has 0 bridgehead atoms. The highest BCUT2D eigenvalue weighted by Crippen LogP contribution is 2.25. The molecule has 0 aliphatic carbocycles. The van der Waals surface area contributed by atoms with Crippen molar-refractivity contribution in [1.29, 1.82) is 0 Å². The molecule has 0 radical (unpaired) electrons. The average molecular weight is 268 g/mol. The summed E-state index contributed by atoms with van der Waals surface area (Å²) >= 11 is 0. The lowest BCUT2D eigenvalue weighted by Crippen LogP contribution is -2.05. The van der Waals surface area contributed by atoms with Gasteiger partial charge in [0.2, 0.25) is 0 Å². The molecule has 1 nitrogen and oxygen atoms in total. The zero-order valence-electron chi connectivity index (χ0n) is 13.8. The van der Waals surface area contributed by atoms with Crippen LogP contribution in [0.1, 0.15) is 91.4 Å². The van der Waals surface area contributed by atoms with Crippen LogP contribution in [0.25, 0.3) is 0 Å². The summed E-state index contributed by atoms with van der Waals surface area (Å²) in [5.74, 6) is 1.93. The number of nitrogens with zero attached hydrogens (tertiary/aromatic N) is 1. The minimum absolute atomic E-state index is 0.940. The fourth-order valence-corrected chi connectivity index (χ4v) is 3.28. The van der Waals surface area contributed by atoms with Gasteiger partial charge in [-0.05, 0) is 31.4 Å². The fourth-order valence-electron chi connectivity index (χ4n) is 3.28. The quantitative estimate of drug-likeness (QED) is 0.260. The van der Waals surface area contributed by atoms with E-state index in [1.807, 2.05) is 0 Å². The first-order valence-corrected chi connectivity index (χ1v) is 8.70. The molecular formula is C18H37N. The Morgan fingerprint density at radius 3 is 1.53 bits per heavy atom. The predicted octanol–water partition coefficient (Wildman–Crippen LogP) is 6.27. The Kier molecular flexibility index (Phi) is 13.8. The van der Waals surface area contributed by atoms with Crippen LogP contribution in [0.15, 0.2) is 4.99 Å². The van der Waals surface area contributed by atoms with Gasteiger partial charge in [0.05, 0.1) is 0 Å². The van der Waals surface area contributed by atoms with E-state index in [9.17, 15) is 0 Å². The summed E-state index contributed by atoms with van der Waals surface area (Å²) in [4.78, 5) is 3.97. The van der Waals surface area contributed by atoms with Crippen LogP contribution in [0.5, 0.6) is 0 Å². The second kappa shape index (κ2) is 14.1. The number of hydrogen-bond donors (Lipinski definition) is 0. The smallest absolute Gasteiger partial charge is 0.0382 e. The number of hydrogen-bond acceptors (Lipinski definition) is 1. The van der Waals surface area contributed by atoms with Gasteiger partial charge in [-0.3, -0.25) is 0 Å². The second-order valence-electron chi connectivity index (χ2n) is 6.12. The van der Waals surface area contributed by atoms with Crippen LogP contribution >= 0.6 is 0 Å². The molecule has 1 atom stereocenters. The van der Waals surface area contributed by atoms with E-state index in [1.165, 1.54) is 70.6 Å². The maximum atomic E-state index is 3.97. The van der Waals surface area contributed by atoms with Gasteiger partial charge in [-0.1, -0.05) is 78.6 Å². The Hall–Kier alpha value is -0.330. The van der Waals surface area contributed by atoms with Gasteiger partial charge in [-0.2, -0.15) is 0 Å². The van der Waals surface area contributed by atoms with Crippen molar-refractivity contribution in [3.05, 3.63) is 0 Å². The standard InChI is InChI=1S/C18H37N/c1-5-10-17(11-6-2)13-8-14-18(12-7-3)15-9-16-19-4/h17-18H,4-16H2,1-3H3. The molecule has 0 saturated heterocycles. The zero-order chi connectivity index (χ0) is 14.3. The molecule has 19 heavy (non-hydrogen) atoms. The molecule has 0 spiro atoms. The van der Waals surface area contributed by atoms with Gasteiger partial charge in [0.25, 0.3) is 0 Å². The van der Waals surface area contributed by atoms with Gasteiger partial charge in [-0.25, -0.2) is 0 Å². The van der Waals surface area contributed by atoms with E-state index in [0.717, 1.165) is 18.4 Å². The van der Waals surface area contributed by atoms with E-state index in [0.29, 0.717) is 0 Å². The van der Waals surface area contributed by atoms with Crippen molar-refractivity contribution < 1.29 is 0 Å². The van der Waals surface area contributed by atoms with Crippen LogP contribution in [-0.4, -0.2) is 13.3 Å².